The molecule has 0 spiro atoms. The van der Waals surface area contributed by atoms with Gasteiger partial charge in [-0.25, -0.2) is 8.42 Å². The fraction of sp³-hybridized carbons (Fsp3) is 0.409. The predicted molar refractivity (Wildman–Crippen MR) is 109 cm³/mol. The van der Waals surface area contributed by atoms with Crippen molar-refractivity contribution in [3.05, 3.63) is 53.6 Å². The zero-order chi connectivity index (χ0) is 19.5. The van der Waals surface area contributed by atoms with Crippen molar-refractivity contribution in [3.63, 3.8) is 0 Å². The van der Waals surface area contributed by atoms with Crippen LogP contribution in [-0.2, 0) is 27.7 Å². The Balaban J connectivity index is 1.49. The average molecular weight is 397 g/mol. The van der Waals surface area contributed by atoms with E-state index in [2.05, 4.69) is 0 Å². The second-order valence-corrected chi connectivity index (χ2v) is 10.00. The summed E-state index contributed by atoms with van der Waals surface area (Å²) in [4.78, 5) is 15.0. The lowest BCUT2D eigenvalue weighted by Crippen LogP contribution is -2.42. The van der Waals surface area contributed by atoms with Gasteiger partial charge in [0, 0.05) is 24.2 Å². The molecule has 0 N–H and O–H groups in total. The molecular weight excluding hydrogens is 372 g/mol. The van der Waals surface area contributed by atoms with Crippen LogP contribution in [0.5, 0.6) is 0 Å². The molecular formula is C22H24N2O3S. The van der Waals surface area contributed by atoms with Crippen molar-refractivity contribution >= 4 is 27.3 Å². The minimum atomic E-state index is -3.61. The molecule has 0 aromatic heterocycles. The number of anilines is 2. The lowest BCUT2D eigenvalue weighted by atomic mass is 9.84. The van der Waals surface area contributed by atoms with Gasteiger partial charge in [0.15, 0.2) is 0 Å². The number of hydrogen-bond acceptors (Lipinski definition) is 3. The molecule has 0 bridgehead atoms. The summed E-state index contributed by atoms with van der Waals surface area (Å²) in [7, 11) is -3.61. The SMILES string of the molecule is C[C@@H]1Cc2cc(S(=O)(=O)N3CCc4ccccc43)ccc2N1C(=O)C1CCC1. The molecule has 2 aromatic rings. The van der Waals surface area contributed by atoms with Gasteiger partial charge in [-0.1, -0.05) is 24.6 Å². The van der Waals surface area contributed by atoms with Crippen LogP contribution in [-0.4, -0.2) is 26.9 Å². The summed E-state index contributed by atoms with van der Waals surface area (Å²) in [6, 6.07) is 13.0. The molecule has 2 aliphatic heterocycles. The molecule has 146 valence electrons. The largest absolute Gasteiger partial charge is 0.309 e. The first-order chi connectivity index (χ1) is 13.5. The van der Waals surface area contributed by atoms with E-state index in [1.165, 1.54) is 4.31 Å². The molecule has 2 aromatic carbocycles. The van der Waals surface area contributed by atoms with E-state index < -0.39 is 10.0 Å². The third-order valence-electron chi connectivity index (χ3n) is 6.39. The third kappa shape index (κ3) is 2.58. The molecule has 6 heteroatoms. The molecule has 3 aliphatic rings. The maximum Gasteiger partial charge on any atom is 0.264 e. The van der Waals surface area contributed by atoms with Crippen LogP contribution in [0, 0.1) is 5.92 Å². The summed E-state index contributed by atoms with van der Waals surface area (Å²) < 4.78 is 28.1. The van der Waals surface area contributed by atoms with E-state index in [0.717, 1.165) is 48.2 Å². The van der Waals surface area contributed by atoms with Crippen LogP contribution in [0.2, 0.25) is 0 Å². The van der Waals surface area contributed by atoms with Crippen molar-refractivity contribution < 1.29 is 13.2 Å². The van der Waals surface area contributed by atoms with Gasteiger partial charge >= 0.3 is 0 Å². The van der Waals surface area contributed by atoms with Crippen LogP contribution in [0.1, 0.15) is 37.3 Å². The lowest BCUT2D eigenvalue weighted by molar-refractivity contribution is -0.125. The van der Waals surface area contributed by atoms with E-state index in [1.54, 1.807) is 12.1 Å². The summed E-state index contributed by atoms with van der Waals surface area (Å²) in [6.45, 7) is 2.52. The summed E-state index contributed by atoms with van der Waals surface area (Å²) in [6.07, 6.45) is 4.51. The van der Waals surface area contributed by atoms with Gasteiger partial charge in [-0.2, -0.15) is 0 Å². The molecule has 2 heterocycles. The minimum Gasteiger partial charge on any atom is -0.309 e. The summed E-state index contributed by atoms with van der Waals surface area (Å²) in [5.41, 5.74) is 3.68. The van der Waals surface area contributed by atoms with Gasteiger partial charge in [-0.15, -0.1) is 0 Å². The van der Waals surface area contributed by atoms with Gasteiger partial charge in [0.25, 0.3) is 10.0 Å². The Labute approximate surface area is 166 Å². The molecule has 28 heavy (non-hydrogen) atoms. The first-order valence-corrected chi connectivity index (χ1v) is 11.5. The highest BCUT2D eigenvalue weighted by molar-refractivity contribution is 7.92. The highest BCUT2D eigenvalue weighted by Gasteiger charge is 2.38. The maximum atomic E-state index is 13.3. The molecule has 1 fully saturated rings. The quantitative estimate of drug-likeness (QED) is 0.798. The molecule has 0 saturated heterocycles. The van der Waals surface area contributed by atoms with Crippen LogP contribution in [0.3, 0.4) is 0 Å². The number of hydrogen-bond donors (Lipinski definition) is 0. The highest BCUT2D eigenvalue weighted by atomic mass is 32.2. The van der Waals surface area contributed by atoms with Crippen molar-refractivity contribution in [2.24, 2.45) is 5.92 Å². The zero-order valence-electron chi connectivity index (χ0n) is 16.0. The van der Waals surface area contributed by atoms with Gasteiger partial charge < -0.3 is 4.90 Å². The van der Waals surface area contributed by atoms with Gasteiger partial charge in [0.2, 0.25) is 5.91 Å². The minimum absolute atomic E-state index is 0.0774. The van der Waals surface area contributed by atoms with E-state index in [-0.39, 0.29) is 17.9 Å². The van der Waals surface area contributed by atoms with Gasteiger partial charge in [0.1, 0.15) is 0 Å². The standard InChI is InChI=1S/C22H24N2O3S/c1-15-13-18-14-19(9-10-21(18)24(15)22(25)17-6-4-7-17)28(26,27)23-12-11-16-5-2-3-8-20(16)23/h2-3,5,8-10,14-15,17H,4,6-7,11-13H2,1H3/t15-/m1/s1. The number of benzene rings is 2. The van der Waals surface area contributed by atoms with Crippen molar-refractivity contribution in [1.82, 2.24) is 0 Å². The van der Waals surface area contributed by atoms with Gasteiger partial charge in [-0.3, -0.25) is 9.10 Å². The number of para-hydroxylation sites is 1. The molecule has 5 rings (SSSR count). The van der Waals surface area contributed by atoms with E-state index in [1.807, 2.05) is 42.2 Å². The van der Waals surface area contributed by atoms with Crippen LogP contribution >= 0.6 is 0 Å². The predicted octanol–water partition coefficient (Wildman–Crippen LogP) is 3.52. The molecule has 1 amide bonds. The smallest absolute Gasteiger partial charge is 0.264 e. The molecule has 1 aliphatic carbocycles. The van der Waals surface area contributed by atoms with E-state index in [9.17, 15) is 13.2 Å². The summed E-state index contributed by atoms with van der Waals surface area (Å²) in [5.74, 6) is 0.333. The van der Waals surface area contributed by atoms with E-state index >= 15 is 0 Å². The fourth-order valence-corrected chi connectivity index (χ4v) is 6.19. The molecule has 0 unspecified atom stereocenters. The first kappa shape index (κ1) is 17.7. The third-order valence-corrected chi connectivity index (χ3v) is 8.20. The summed E-state index contributed by atoms with van der Waals surface area (Å²) in [5, 5.41) is 0. The second kappa shape index (κ2) is 6.34. The average Bonchev–Trinajstić information content (AvgIpc) is 3.19. The van der Waals surface area contributed by atoms with Crippen molar-refractivity contribution in [2.45, 2.75) is 50.0 Å². The van der Waals surface area contributed by atoms with E-state index in [4.69, 9.17) is 0 Å². The first-order valence-electron chi connectivity index (χ1n) is 10.0. The maximum absolute atomic E-state index is 13.3. The van der Waals surface area contributed by atoms with Crippen LogP contribution in [0.15, 0.2) is 47.4 Å². The molecule has 1 atom stereocenters. The Bertz CT molecular complexity index is 1060. The number of carbonyl (C=O) groups is 1. The number of fused-ring (bicyclic) bond motifs is 2. The zero-order valence-corrected chi connectivity index (χ0v) is 16.8. The number of sulfonamides is 1. The Morgan fingerprint density at radius 1 is 1.04 bits per heavy atom. The number of nitrogens with zero attached hydrogens (tertiary/aromatic N) is 2. The highest BCUT2D eigenvalue weighted by Crippen LogP contribution is 2.39. The molecule has 5 nitrogen and oxygen atoms in total. The summed E-state index contributed by atoms with van der Waals surface area (Å²) >= 11 is 0. The van der Waals surface area contributed by atoms with E-state index in [0.29, 0.717) is 17.9 Å². The van der Waals surface area contributed by atoms with Gasteiger partial charge in [-0.05, 0) is 68.0 Å². The monoisotopic (exact) mass is 396 g/mol. The van der Waals surface area contributed by atoms with Crippen LogP contribution < -0.4 is 9.21 Å². The second-order valence-electron chi connectivity index (χ2n) is 8.14. The van der Waals surface area contributed by atoms with Crippen molar-refractivity contribution in [1.29, 1.82) is 0 Å². The van der Waals surface area contributed by atoms with Gasteiger partial charge in [0.05, 0.1) is 10.6 Å². The van der Waals surface area contributed by atoms with Crippen molar-refractivity contribution in [3.8, 4) is 0 Å². The Morgan fingerprint density at radius 2 is 1.82 bits per heavy atom. The fourth-order valence-electron chi connectivity index (χ4n) is 4.64. The topological polar surface area (TPSA) is 57.7 Å². The normalized spacial score (nSPS) is 21.4. The molecule has 1 saturated carbocycles. The Hall–Kier alpha value is -2.34. The number of carbonyl (C=O) groups excluding carboxylic acids is 1. The van der Waals surface area contributed by atoms with Crippen molar-refractivity contribution in [2.75, 3.05) is 15.7 Å². The number of rotatable bonds is 3. The lowest BCUT2D eigenvalue weighted by Gasteiger charge is -2.32. The van der Waals surface area contributed by atoms with Crippen LogP contribution in [0.4, 0.5) is 11.4 Å². The van der Waals surface area contributed by atoms with Crippen LogP contribution in [0.25, 0.3) is 0 Å². The Kier molecular flexibility index (Phi) is 4.02. The number of amides is 1. The Morgan fingerprint density at radius 3 is 2.57 bits per heavy atom. The molecule has 0 radical (unpaired) electrons.